The number of carbonyl (C=O) groups excluding carboxylic acids is 1. The predicted octanol–water partition coefficient (Wildman–Crippen LogP) is 2.71. The van der Waals surface area contributed by atoms with E-state index in [1.54, 1.807) is 24.4 Å². The van der Waals surface area contributed by atoms with Crippen molar-refractivity contribution in [3.63, 3.8) is 0 Å². The first-order valence-corrected chi connectivity index (χ1v) is 4.71. The van der Waals surface area contributed by atoms with Crippen LogP contribution in [0, 0.1) is 0 Å². The summed E-state index contributed by atoms with van der Waals surface area (Å²) in [6.07, 6.45) is 3.39. The van der Waals surface area contributed by atoms with Crippen LogP contribution < -0.4 is 5.32 Å². The molecule has 2 nitrogen and oxygen atoms in total. The van der Waals surface area contributed by atoms with Crippen LogP contribution in [0.5, 0.6) is 0 Å². The third-order valence-corrected chi connectivity index (χ3v) is 2.02. The molecule has 68 valence electrons. The lowest BCUT2D eigenvalue weighted by Crippen LogP contribution is -2.16. The molecule has 1 aromatic carbocycles. The number of hydrogen-bond acceptors (Lipinski definition) is 1. The van der Waals surface area contributed by atoms with Crippen molar-refractivity contribution in [2.24, 2.45) is 0 Å². The molecular formula is C10H10BrNO. The second-order valence-electron chi connectivity index (χ2n) is 2.48. The number of halogens is 1. The molecule has 0 atom stereocenters. The molecule has 1 N–H and O–H groups in total. The van der Waals surface area contributed by atoms with Gasteiger partial charge in [-0.05, 0) is 37.4 Å². The van der Waals surface area contributed by atoms with Gasteiger partial charge in [0.2, 0.25) is 0 Å². The fraction of sp³-hybridized carbons (Fsp3) is 0.100. The van der Waals surface area contributed by atoms with Gasteiger partial charge in [-0.15, -0.1) is 0 Å². The van der Waals surface area contributed by atoms with E-state index in [0.717, 1.165) is 4.47 Å². The number of amides is 1. The fourth-order valence-corrected chi connectivity index (χ4v) is 1.11. The summed E-state index contributed by atoms with van der Waals surface area (Å²) in [5, 5.41) is 2.63. The fourth-order valence-electron chi connectivity index (χ4n) is 0.844. The molecule has 0 aliphatic carbocycles. The van der Waals surface area contributed by atoms with Gasteiger partial charge < -0.3 is 5.32 Å². The zero-order valence-corrected chi connectivity index (χ0v) is 8.84. The maximum absolute atomic E-state index is 11.3. The van der Waals surface area contributed by atoms with Crippen molar-refractivity contribution in [3.8, 4) is 0 Å². The zero-order valence-electron chi connectivity index (χ0n) is 7.25. The number of nitrogens with one attached hydrogen (secondary N) is 1. The predicted molar refractivity (Wildman–Crippen MR) is 56.4 cm³/mol. The summed E-state index contributed by atoms with van der Waals surface area (Å²) < 4.78 is 0.968. The number of rotatable bonds is 2. The summed E-state index contributed by atoms with van der Waals surface area (Å²) in [6.45, 7) is 1.85. The molecule has 3 heteroatoms. The van der Waals surface area contributed by atoms with Crippen molar-refractivity contribution in [2.45, 2.75) is 6.92 Å². The van der Waals surface area contributed by atoms with Crippen LogP contribution in [-0.4, -0.2) is 5.91 Å². The molecule has 1 aromatic rings. The van der Waals surface area contributed by atoms with Gasteiger partial charge in [0.1, 0.15) is 0 Å². The van der Waals surface area contributed by atoms with Crippen LogP contribution in [0.3, 0.4) is 0 Å². The largest absolute Gasteiger partial charge is 0.329 e. The molecule has 0 spiro atoms. The van der Waals surface area contributed by atoms with Crippen molar-refractivity contribution >= 4 is 21.8 Å². The molecule has 0 saturated heterocycles. The topological polar surface area (TPSA) is 29.1 Å². The van der Waals surface area contributed by atoms with Crippen LogP contribution in [0.4, 0.5) is 0 Å². The molecule has 0 aliphatic heterocycles. The summed E-state index contributed by atoms with van der Waals surface area (Å²) >= 11 is 3.30. The highest BCUT2D eigenvalue weighted by Gasteiger charge is 2.01. The van der Waals surface area contributed by atoms with Gasteiger partial charge in [-0.2, -0.15) is 0 Å². The van der Waals surface area contributed by atoms with E-state index < -0.39 is 0 Å². The molecule has 0 unspecified atom stereocenters. The van der Waals surface area contributed by atoms with Crippen LogP contribution in [0.15, 0.2) is 41.0 Å². The van der Waals surface area contributed by atoms with Crippen molar-refractivity contribution in [1.82, 2.24) is 5.32 Å². The van der Waals surface area contributed by atoms with Crippen molar-refractivity contribution in [2.75, 3.05) is 0 Å². The Labute approximate surface area is 85.8 Å². The van der Waals surface area contributed by atoms with Gasteiger partial charge in [-0.3, -0.25) is 4.79 Å². The second kappa shape index (κ2) is 4.82. The zero-order chi connectivity index (χ0) is 9.68. The van der Waals surface area contributed by atoms with E-state index in [2.05, 4.69) is 21.2 Å². The molecular weight excluding hydrogens is 230 g/mol. The van der Waals surface area contributed by atoms with Crippen LogP contribution in [0.1, 0.15) is 17.3 Å². The van der Waals surface area contributed by atoms with E-state index in [0.29, 0.717) is 5.56 Å². The van der Waals surface area contributed by atoms with E-state index in [9.17, 15) is 4.79 Å². The standard InChI is InChI=1S/C10H10BrNO/c1-2-7-12-10(13)8-3-5-9(11)6-4-8/h2-7H,1H3,(H,12,13)/b7-2-. The van der Waals surface area contributed by atoms with Crippen LogP contribution in [0.2, 0.25) is 0 Å². The third kappa shape index (κ3) is 3.03. The third-order valence-electron chi connectivity index (χ3n) is 1.49. The Morgan fingerprint density at radius 3 is 2.54 bits per heavy atom. The second-order valence-corrected chi connectivity index (χ2v) is 3.40. The van der Waals surface area contributed by atoms with Gasteiger partial charge in [-0.1, -0.05) is 22.0 Å². The van der Waals surface area contributed by atoms with E-state index >= 15 is 0 Å². The van der Waals surface area contributed by atoms with Crippen molar-refractivity contribution < 1.29 is 4.79 Å². The average Bonchev–Trinajstić information content (AvgIpc) is 2.15. The van der Waals surface area contributed by atoms with Crippen LogP contribution in [-0.2, 0) is 0 Å². The normalized spacial score (nSPS) is 10.3. The summed E-state index contributed by atoms with van der Waals surface area (Å²) in [7, 11) is 0. The molecule has 0 aliphatic rings. The number of carbonyl (C=O) groups is 1. The van der Waals surface area contributed by atoms with E-state index in [-0.39, 0.29) is 5.91 Å². The molecule has 0 heterocycles. The number of hydrogen-bond donors (Lipinski definition) is 1. The van der Waals surface area contributed by atoms with E-state index in [1.165, 1.54) is 0 Å². The van der Waals surface area contributed by atoms with Gasteiger partial charge in [0, 0.05) is 10.0 Å². The Bertz CT molecular complexity index is 316. The summed E-state index contributed by atoms with van der Waals surface area (Å²) in [6, 6.07) is 7.21. The molecule has 0 saturated carbocycles. The lowest BCUT2D eigenvalue weighted by atomic mass is 10.2. The van der Waals surface area contributed by atoms with Gasteiger partial charge >= 0.3 is 0 Å². The van der Waals surface area contributed by atoms with E-state index in [4.69, 9.17) is 0 Å². The lowest BCUT2D eigenvalue weighted by molar-refractivity contribution is 0.0970. The Hall–Kier alpha value is -1.09. The minimum atomic E-state index is -0.0920. The average molecular weight is 240 g/mol. The van der Waals surface area contributed by atoms with Crippen LogP contribution in [0.25, 0.3) is 0 Å². The highest BCUT2D eigenvalue weighted by Crippen LogP contribution is 2.10. The summed E-state index contributed by atoms with van der Waals surface area (Å²) in [5.41, 5.74) is 0.654. The molecule has 0 aromatic heterocycles. The smallest absolute Gasteiger partial charge is 0.255 e. The number of benzene rings is 1. The number of allylic oxidation sites excluding steroid dienone is 1. The molecule has 13 heavy (non-hydrogen) atoms. The van der Waals surface area contributed by atoms with Crippen molar-refractivity contribution in [1.29, 1.82) is 0 Å². The minimum Gasteiger partial charge on any atom is -0.329 e. The van der Waals surface area contributed by atoms with Gasteiger partial charge in [0.15, 0.2) is 0 Å². The molecule has 1 amide bonds. The maximum atomic E-state index is 11.3. The van der Waals surface area contributed by atoms with Crippen molar-refractivity contribution in [3.05, 3.63) is 46.6 Å². The summed E-state index contributed by atoms with van der Waals surface area (Å²) in [5.74, 6) is -0.0920. The highest BCUT2D eigenvalue weighted by atomic mass is 79.9. The minimum absolute atomic E-state index is 0.0920. The maximum Gasteiger partial charge on any atom is 0.255 e. The first-order chi connectivity index (χ1) is 6.24. The van der Waals surface area contributed by atoms with Gasteiger partial charge in [-0.25, -0.2) is 0 Å². The monoisotopic (exact) mass is 239 g/mol. The Kier molecular flexibility index (Phi) is 3.71. The lowest BCUT2D eigenvalue weighted by Gasteiger charge is -1.99. The summed E-state index contributed by atoms with van der Waals surface area (Å²) in [4.78, 5) is 11.3. The quantitative estimate of drug-likeness (QED) is 0.845. The first-order valence-electron chi connectivity index (χ1n) is 3.91. The molecule has 0 bridgehead atoms. The van der Waals surface area contributed by atoms with E-state index in [1.807, 2.05) is 19.1 Å². The first kappa shape index (κ1) is 9.99. The Morgan fingerprint density at radius 1 is 1.38 bits per heavy atom. The van der Waals surface area contributed by atoms with Gasteiger partial charge in [0.05, 0.1) is 0 Å². The van der Waals surface area contributed by atoms with Gasteiger partial charge in [0.25, 0.3) is 5.91 Å². The van der Waals surface area contributed by atoms with Crippen LogP contribution >= 0.6 is 15.9 Å². The molecule has 0 fully saturated rings. The highest BCUT2D eigenvalue weighted by molar-refractivity contribution is 9.10. The SMILES string of the molecule is C/C=C\NC(=O)c1ccc(Br)cc1. The Balaban J connectivity index is 2.72. The Morgan fingerprint density at radius 2 is 2.00 bits per heavy atom. The molecule has 1 rings (SSSR count). The molecule has 0 radical (unpaired) electrons.